The molecule has 34 heavy (non-hydrogen) atoms. The van der Waals surface area contributed by atoms with Gasteiger partial charge in [0.2, 0.25) is 5.76 Å². The highest BCUT2D eigenvalue weighted by atomic mass is 35.5. The second-order valence-electron chi connectivity index (χ2n) is 8.28. The van der Waals surface area contributed by atoms with Gasteiger partial charge in [-0.1, -0.05) is 66.2 Å². The van der Waals surface area contributed by atoms with Crippen LogP contribution in [0.1, 0.15) is 17.0 Å². The molecule has 174 valence electrons. The van der Waals surface area contributed by atoms with E-state index in [-0.39, 0.29) is 17.4 Å². The zero-order valence-corrected chi connectivity index (χ0v) is 19.2. The lowest BCUT2D eigenvalue weighted by Gasteiger charge is -2.30. The number of carbonyl (C=O) groups is 1. The lowest BCUT2D eigenvalue weighted by molar-refractivity contribution is -0.119. The van der Waals surface area contributed by atoms with Crippen LogP contribution < -0.4 is 15.0 Å². The Morgan fingerprint density at radius 3 is 2.29 bits per heavy atom. The van der Waals surface area contributed by atoms with Gasteiger partial charge in [0, 0.05) is 24.7 Å². The van der Waals surface area contributed by atoms with Crippen molar-refractivity contribution in [1.82, 2.24) is 5.32 Å². The second kappa shape index (κ2) is 9.79. The van der Waals surface area contributed by atoms with E-state index in [2.05, 4.69) is 34.5 Å². The first kappa shape index (κ1) is 22.3. The number of nitrogens with one attached hydrogen (secondary N) is 1. The molecular weight excluding hydrogens is 452 g/mol. The van der Waals surface area contributed by atoms with Crippen LogP contribution in [0, 0.1) is 0 Å². The number of hydrogen-bond donors (Lipinski definition) is 2. The average Bonchev–Trinajstić information content (AvgIpc) is 3.15. The summed E-state index contributed by atoms with van der Waals surface area (Å²) in [7, 11) is 0. The first-order valence-electron chi connectivity index (χ1n) is 11.3. The van der Waals surface area contributed by atoms with E-state index < -0.39 is 11.9 Å². The van der Waals surface area contributed by atoms with Crippen molar-refractivity contribution < 1.29 is 19.4 Å². The van der Waals surface area contributed by atoms with Crippen molar-refractivity contribution in [3.63, 3.8) is 0 Å². The molecular formula is C27H25ClN2O4. The standard InChI is InChI=1S/C27H25ClN2O4/c28-21-8-4-5-9-22(21)34-26-25(31)24(29-27(26)32)23(18-6-2-1-3-7-18)19-10-12-20(13-11-19)30-14-16-33-17-15-30/h1-13,23-24,31H,14-17H2,(H,29,32). The molecule has 6 nitrogen and oxygen atoms in total. The van der Waals surface area contributed by atoms with E-state index >= 15 is 0 Å². The first-order valence-corrected chi connectivity index (χ1v) is 11.6. The Kier molecular flexibility index (Phi) is 6.43. The molecule has 0 radical (unpaired) electrons. The number of ether oxygens (including phenoxy) is 2. The second-order valence-corrected chi connectivity index (χ2v) is 8.68. The molecule has 1 saturated heterocycles. The fraction of sp³-hybridized carbons (Fsp3) is 0.222. The number of morpholine rings is 1. The SMILES string of the molecule is O=C1NC(C(c2ccccc2)c2ccc(N3CCOCC3)cc2)C(O)=C1Oc1ccccc1Cl. The topological polar surface area (TPSA) is 71.0 Å². The predicted molar refractivity (Wildman–Crippen MR) is 131 cm³/mol. The third-order valence-corrected chi connectivity index (χ3v) is 6.50. The molecule has 0 bridgehead atoms. The predicted octanol–water partition coefficient (Wildman–Crippen LogP) is 4.66. The van der Waals surface area contributed by atoms with Crippen molar-refractivity contribution >= 4 is 23.2 Å². The van der Waals surface area contributed by atoms with Gasteiger partial charge in [-0.05, 0) is 35.4 Å². The van der Waals surface area contributed by atoms with E-state index in [1.165, 1.54) is 0 Å². The summed E-state index contributed by atoms with van der Waals surface area (Å²) < 4.78 is 11.2. The molecule has 2 atom stereocenters. The maximum absolute atomic E-state index is 12.8. The molecule has 3 aromatic carbocycles. The minimum Gasteiger partial charge on any atom is -0.506 e. The highest BCUT2D eigenvalue weighted by molar-refractivity contribution is 6.32. The van der Waals surface area contributed by atoms with Gasteiger partial charge in [-0.25, -0.2) is 0 Å². The van der Waals surface area contributed by atoms with Gasteiger partial charge in [-0.3, -0.25) is 4.79 Å². The number of rotatable bonds is 6. The summed E-state index contributed by atoms with van der Waals surface area (Å²) in [5.41, 5.74) is 3.06. The Balaban J connectivity index is 1.48. The quantitative estimate of drug-likeness (QED) is 0.541. The van der Waals surface area contributed by atoms with Crippen LogP contribution in [-0.4, -0.2) is 43.4 Å². The lowest BCUT2D eigenvalue weighted by Crippen LogP contribution is -2.36. The minimum atomic E-state index is -0.679. The zero-order chi connectivity index (χ0) is 23.5. The molecule has 2 heterocycles. The summed E-state index contributed by atoms with van der Waals surface area (Å²) in [5, 5.41) is 14.4. The van der Waals surface area contributed by atoms with Gasteiger partial charge in [-0.2, -0.15) is 0 Å². The summed E-state index contributed by atoms with van der Waals surface area (Å²) in [6, 6.07) is 24.3. The smallest absolute Gasteiger partial charge is 0.291 e. The summed E-state index contributed by atoms with van der Waals surface area (Å²) in [6.07, 6.45) is 0. The van der Waals surface area contributed by atoms with Crippen molar-refractivity contribution in [2.45, 2.75) is 12.0 Å². The average molecular weight is 477 g/mol. The number of aliphatic hydroxyl groups is 1. The number of para-hydroxylation sites is 1. The molecule has 0 aliphatic carbocycles. The number of halogens is 1. The molecule has 5 rings (SSSR count). The summed E-state index contributed by atoms with van der Waals surface area (Å²) in [4.78, 5) is 15.1. The molecule has 2 aliphatic heterocycles. The third kappa shape index (κ3) is 4.47. The molecule has 2 N–H and O–H groups in total. The highest BCUT2D eigenvalue weighted by Crippen LogP contribution is 2.36. The summed E-state index contributed by atoms with van der Waals surface area (Å²) in [6.45, 7) is 3.14. The van der Waals surface area contributed by atoms with Crippen LogP contribution in [0.25, 0.3) is 0 Å². The van der Waals surface area contributed by atoms with Crippen LogP contribution in [-0.2, 0) is 9.53 Å². The van der Waals surface area contributed by atoms with Gasteiger partial charge in [0.25, 0.3) is 5.91 Å². The molecule has 2 unspecified atom stereocenters. The third-order valence-electron chi connectivity index (χ3n) is 6.19. The van der Waals surface area contributed by atoms with E-state index in [1.54, 1.807) is 24.3 Å². The normalized spacial score (nSPS) is 19.1. The van der Waals surface area contributed by atoms with Crippen molar-refractivity contribution in [3.8, 4) is 5.75 Å². The maximum atomic E-state index is 12.8. The zero-order valence-electron chi connectivity index (χ0n) is 18.5. The van der Waals surface area contributed by atoms with Crippen LogP contribution in [0.15, 0.2) is 90.4 Å². The molecule has 1 fully saturated rings. The fourth-order valence-corrected chi connectivity index (χ4v) is 4.64. The van der Waals surface area contributed by atoms with Crippen molar-refractivity contribution in [2.24, 2.45) is 0 Å². The van der Waals surface area contributed by atoms with Gasteiger partial charge in [0.05, 0.1) is 18.2 Å². The molecule has 1 amide bonds. The first-order chi connectivity index (χ1) is 16.6. The molecule has 0 aromatic heterocycles. The van der Waals surface area contributed by atoms with E-state index in [4.69, 9.17) is 21.1 Å². The highest BCUT2D eigenvalue weighted by Gasteiger charge is 2.40. The van der Waals surface area contributed by atoms with Crippen molar-refractivity contribution in [2.75, 3.05) is 31.2 Å². The molecule has 0 spiro atoms. The van der Waals surface area contributed by atoms with Gasteiger partial charge in [-0.15, -0.1) is 0 Å². The molecule has 3 aromatic rings. The van der Waals surface area contributed by atoms with Crippen LogP contribution in [0.2, 0.25) is 5.02 Å². The van der Waals surface area contributed by atoms with Crippen LogP contribution >= 0.6 is 11.6 Å². The van der Waals surface area contributed by atoms with Crippen LogP contribution in [0.4, 0.5) is 5.69 Å². The number of nitrogens with zero attached hydrogens (tertiary/aromatic N) is 1. The van der Waals surface area contributed by atoms with E-state index in [9.17, 15) is 9.90 Å². The Hall–Kier alpha value is -3.48. The summed E-state index contributed by atoms with van der Waals surface area (Å²) >= 11 is 6.19. The Labute approximate surface area is 203 Å². The van der Waals surface area contributed by atoms with Crippen LogP contribution in [0.3, 0.4) is 0 Å². The molecule has 2 aliphatic rings. The number of anilines is 1. The molecule has 7 heteroatoms. The number of hydrogen-bond acceptors (Lipinski definition) is 5. The van der Waals surface area contributed by atoms with E-state index in [0.29, 0.717) is 10.8 Å². The number of aliphatic hydroxyl groups excluding tert-OH is 1. The van der Waals surface area contributed by atoms with E-state index in [0.717, 1.165) is 43.1 Å². The van der Waals surface area contributed by atoms with Gasteiger partial charge in [0.15, 0.2) is 5.76 Å². The minimum absolute atomic E-state index is 0.135. The number of carbonyl (C=O) groups excluding carboxylic acids is 1. The van der Waals surface area contributed by atoms with Crippen molar-refractivity contribution in [3.05, 3.63) is 107 Å². The van der Waals surface area contributed by atoms with Gasteiger partial charge in [0.1, 0.15) is 11.8 Å². The Bertz CT molecular complexity index is 1190. The number of amides is 1. The van der Waals surface area contributed by atoms with Gasteiger partial charge < -0.3 is 24.8 Å². The Morgan fingerprint density at radius 1 is 0.941 bits per heavy atom. The Morgan fingerprint density at radius 2 is 1.59 bits per heavy atom. The van der Waals surface area contributed by atoms with Gasteiger partial charge >= 0.3 is 0 Å². The van der Waals surface area contributed by atoms with Crippen molar-refractivity contribution in [1.29, 1.82) is 0 Å². The lowest BCUT2D eigenvalue weighted by atomic mass is 9.84. The molecule has 0 saturated carbocycles. The largest absolute Gasteiger partial charge is 0.506 e. The monoisotopic (exact) mass is 476 g/mol. The fourth-order valence-electron chi connectivity index (χ4n) is 4.46. The van der Waals surface area contributed by atoms with E-state index in [1.807, 2.05) is 30.3 Å². The maximum Gasteiger partial charge on any atom is 0.291 e. The summed E-state index contributed by atoms with van der Waals surface area (Å²) in [5.74, 6) is -0.753. The number of benzene rings is 3. The van der Waals surface area contributed by atoms with Crippen LogP contribution in [0.5, 0.6) is 5.75 Å².